The Labute approximate surface area is 127 Å². The number of nitrogen functional groups attached to an aromatic ring is 1. The Bertz CT molecular complexity index is 533. The summed E-state index contributed by atoms with van der Waals surface area (Å²) in [5.41, 5.74) is 10.6. The summed E-state index contributed by atoms with van der Waals surface area (Å²) in [4.78, 5) is 14.6. The fraction of sp³-hybridized carbons (Fsp3) is 0.588. The second-order valence-electron chi connectivity index (χ2n) is 6.28. The van der Waals surface area contributed by atoms with Gasteiger partial charge in [0.25, 0.3) is 5.91 Å². The van der Waals surface area contributed by atoms with Crippen LogP contribution < -0.4 is 11.1 Å². The zero-order valence-electron chi connectivity index (χ0n) is 13.6. The molecule has 116 valence electrons. The topological polar surface area (TPSA) is 58.4 Å². The molecule has 1 aromatic carbocycles. The standard InChI is InChI=1S/C17H27N3O/c1-11-9-15(12(2)13(3)16(11)18)17(21)20(4)10-14-5-7-19-8-6-14/h9,14,19H,5-8,10,18H2,1-4H3. The van der Waals surface area contributed by atoms with Gasteiger partial charge in [-0.3, -0.25) is 4.79 Å². The second kappa shape index (κ2) is 6.48. The SMILES string of the molecule is Cc1cc(C(=O)N(C)CC2CCNCC2)c(C)c(C)c1N. The van der Waals surface area contributed by atoms with E-state index in [9.17, 15) is 4.79 Å². The maximum absolute atomic E-state index is 12.7. The molecule has 0 radical (unpaired) electrons. The van der Waals surface area contributed by atoms with E-state index in [1.54, 1.807) is 0 Å². The highest BCUT2D eigenvalue weighted by molar-refractivity contribution is 5.96. The summed E-state index contributed by atoms with van der Waals surface area (Å²) in [5.74, 6) is 0.716. The lowest BCUT2D eigenvalue weighted by atomic mass is 9.95. The molecule has 3 N–H and O–H groups in total. The van der Waals surface area contributed by atoms with Gasteiger partial charge in [-0.25, -0.2) is 0 Å². The van der Waals surface area contributed by atoms with Gasteiger partial charge in [-0.15, -0.1) is 0 Å². The molecule has 1 aliphatic heterocycles. The first kappa shape index (κ1) is 15.8. The van der Waals surface area contributed by atoms with Crippen LogP contribution in [0.3, 0.4) is 0 Å². The second-order valence-corrected chi connectivity index (χ2v) is 6.28. The predicted molar refractivity (Wildman–Crippen MR) is 87.6 cm³/mol. The predicted octanol–water partition coefficient (Wildman–Crippen LogP) is 2.27. The number of amides is 1. The third-order valence-electron chi connectivity index (χ3n) is 4.72. The number of benzene rings is 1. The van der Waals surface area contributed by atoms with Crippen LogP contribution in [-0.4, -0.2) is 37.5 Å². The number of carbonyl (C=O) groups is 1. The summed E-state index contributed by atoms with van der Waals surface area (Å²) in [7, 11) is 1.91. The highest BCUT2D eigenvalue weighted by atomic mass is 16.2. The fourth-order valence-corrected chi connectivity index (χ4v) is 3.06. The molecule has 2 rings (SSSR count). The van der Waals surface area contributed by atoms with Crippen molar-refractivity contribution in [2.24, 2.45) is 5.92 Å². The largest absolute Gasteiger partial charge is 0.398 e. The number of piperidine rings is 1. The van der Waals surface area contributed by atoms with E-state index in [2.05, 4.69) is 5.32 Å². The summed E-state index contributed by atoms with van der Waals surface area (Å²) in [6.07, 6.45) is 2.30. The number of anilines is 1. The van der Waals surface area contributed by atoms with Crippen LogP contribution >= 0.6 is 0 Å². The molecule has 1 aliphatic rings. The number of rotatable bonds is 3. The van der Waals surface area contributed by atoms with Crippen molar-refractivity contribution in [3.8, 4) is 0 Å². The summed E-state index contributed by atoms with van der Waals surface area (Å²) < 4.78 is 0. The van der Waals surface area contributed by atoms with E-state index < -0.39 is 0 Å². The summed E-state index contributed by atoms with van der Waals surface area (Å²) in [5, 5.41) is 3.36. The minimum absolute atomic E-state index is 0.109. The Morgan fingerprint density at radius 1 is 1.29 bits per heavy atom. The average molecular weight is 289 g/mol. The first-order valence-corrected chi connectivity index (χ1v) is 7.74. The van der Waals surface area contributed by atoms with Crippen LogP contribution in [0.4, 0.5) is 5.69 Å². The van der Waals surface area contributed by atoms with E-state index >= 15 is 0 Å². The molecule has 4 nitrogen and oxygen atoms in total. The van der Waals surface area contributed by atoms with Crippen LogP contribution in [0.5, 0.6) is 0 Å². The van der Waals surface area contributed by atoms with E-state index in [0.717, 1.165) is 60.4 Å². The molecule has 0 spiro atoms. The van der Waals surface area contributed by atoms with Gasteiger partial charge < -0.3 is 16.0 Å². The maximum atomic E-state index is 12.7. The molecule has 1 aromatic rings. The fourth-order valence-electron chi connectivity index (χ4n) is 3.06. The van der Waals surface area contributed by atoms with Crippen LogP contribution in [0.15, 0.2) is 6.07 Å². The lowest BCUT2D eigenvalue weighted by molar-refractivity contribution is 0.0762. The number of nitrogens with two attached hydrogens (primary N) is 1. The summed E-state index contributed by atoms with van der Waals surface area (Å²) >= 11 is 0. The van der Waals surface area contributed by atoms with E-state index in [4.69, 9.17) is 5.73 Å². The molecule has 1 fully saturated rings. The molecule has 0 unspecified atom stereocenters. The van der Waals surface area contributed by atoms with Gasteiger partial charge in [0.1, 0.15) is 0 Å². The molecule has 4 heteroatoms. The zero-order valence-corrected chi connectivity index (χ0v) is 13.6. The van der Waals surface area contributed by atoms with E-state index in [-0.39, 0.29) is 5.91 Å². The van der Waals surface area contributed by atoms with Crippen LogP contribution in [-0.2, 0) is 0 Å². The number of nitrogens with one attached hydrogen (secondary N) is 1. The van der Waals surface area contributed by atoms with Gasteiger partial charge in [0, 0.05) is 24.8 Å². The van der Waals surface area contributed by atoms with Crippen molar-refractivity contribution in [1.82, 2.24) is 10.2 Å². The Hall–Kier alpha value is -1.55. The van der Waals surface area contributed by atoms with Crippen molar-refractivity contribution < 1.29 is 4.79 Å². The molecule has 1 saturated heterocycles. The van der Waals surface area contributed by atoms with Gasteiger partial charge in [-0.2, -0.15) is 0 Å². The van der Waals surface area contributed by atoms with E-state index in [1.165, 1.54) is 0 Å². The van der Waals surface area contributed by atoms with Gasteiger partial charge in [-0.05, 0) is 75.4 Å². The number of hydrogen-bond acceptors (Lipinski definition) is 3. The lowest BCUT2D eigenvalue weighted by Gasteiger charge is -2.28. The Balaban J connectivity index is 2.15. The van der Waals surface area contributed by atoms with E-state index in [0.29, 0.717) is 5.92 Å². The molecule has 0 atom stereocenters. The monoisotopic (exact) mass is 289 g/mol. The summed E-state index contributed by atoms with van der Waals surface area (Å²) in [6, 6.07) is 1.93. The molecule has 21 heavy (non-hydrogen) atoms. The Morgan fingerprint density at radius 3 is 2.52 bits per heavy atom. The first-order chi connectivity index (χ1) is 9.91. The minimum atomic E-state index is 0.109. The molecule has 0 aromatic heterocycles. The van der Waals surface area contributed by atoms with Crippen molar-refractivity contribution in [3.63, 3.8) is 0 Å². The lowest BCUT2D eigenvalue weighted by Crippen LogP contribution is -2.37. The van der Waals surface area contributed by atoms with Gasteiger partial charge >= 0.3 is 0 Å². The molecule has 0 saturated carbocycles. The normalized spacial score (nSPS) is 16.0. The van der Waals surface area contributed by atoms with Gasteiger partial charge in [0.15, 0.2) is 0 Å². The number of aryl methyl sites for hydroxylation is 1. The van der Waals surface area contributed by atoms with Crippen molar-refractivity contribution in [1.29, 1.82) is 0 Å². The third kappa shape index (κ3) is 3.38. The van der Waals surface area contributed by atoms with Crippen molar-refractivity contribution >= 4 is 11.6 Å². The average Bonchev–Trinajstić information content (AvgIpc) is 2.49. The summed E-state index contributed by atoms with van der Waals surface area (Å²) in [6.45, 7) is 8.89. The molecular weight excluding hydrogens is 262 g/mol. The van der Waals surface area contributed by atoms with Crippen LogP contribution in [0.25, 0.3) is 0 Å². The van der Waals surface area contributed by atoms with Crippen molar-refractivity contribution in [3.05, 3.63) is 28.3 Å². The smallest absolute Gasteiger partial charge is 0.253 e. The minimum Gasteiger partial charge on any atom is -0.398 e. The Kier molecular flexibility index (Phi) is 4.88. The highest BCUT2D eigenvalue weighted by Crippen LogP contribution is 2.25. The maximum Gasteiger partial charge on any atom is 0.253 e. The van der Waals surface area contributed by atoms with Crippen LogP contribution in [0.1, 0.15) is 39.9 Å². The molecule has 1 amide bonds. The molecular formula is C17H27N3O. The number of hydrogen-bond donors (Lipinski definition) is 2. The quantitative estimate of drug-likeness (QED) is 0.839. The van der Waals surface area contributed by atoms with Gasteiger partial charge in [-0.1, -0.05) is 0 Å². The zero-order chi connectivity index (χ0) is 15.6. The van der Waals surface area contributed by atoms with Crippen LogP contribution in [0, 0.1) is 26.7 Å². The van der Waals surface area contributed by atoms with Gasteiger partial charge in [0.2, 0.25) is 0 Å². The first-order valence-electron chi connectivity index (χ1n) is 7.74. The molecule has 0 aliphatic carbocycles. The number of carbonyl (C=O) groups excluding carboxylic acids is 1. The molecule has 0 bridgehead atoms. The van der Waals surface area contributed by atoms with Crippen molar-refractivity contribution in [2.75, 3.05) is 32.4 Å². The van der Waals surface area contributed by atoms with Crippen LogP contribution in [0.2, 0.25) is 0 Å². The Morgan fingerprint density at radius 2 is 1.90 bits per heavy atom. The van der Waals surface area contributed by atoms with Crippen molar-refractivity contribution in [2.45, 2.75) is 33.6 Å². The highest BCUT2D eigenvalue weighted by Gasteiger charge is 2.21. The van der Waals surface area contributed by atoms with Gasteiger partial charge in [0.05, 0.1) is 0 Å². The number of nitrogens with zero attached hydrogens (tertiary/aromatic N) is 1. The van der Waals surface area contributed by atoms with E-state index in [1.807, 2.05) is 38.8 Å². The molecule has 1 heterocycles. The third-order valence-corrected chi connectivity index (χ3v) is 4.72.